The lowest BCUT2D eigenvalue weighted by molar-refractivity contribution is 0.344. The summed E-state index contributed by atoms with van der Waals surface area (Å²) >= 11 is 0. The largest absolute Gasteiger partial charge is 0.493 e. The molecule has 5 rings (SSSR count). The van der Waals surface area contributed by atoms with Gasteiger partial charge < -0.3 is 24.8 Å². The van der Waals surface area contributed by atoms with E-state index in [-0.39, 0.29) is 0 Å². The number of imidazole rings is 1. The van der Waals surface area contributed by atoms with E-state index in [0.29, 0.717) is 18.4 Å². The molecule has 32 heavy (non-hydrogen) atoms. The first-order valence-corrected chi connectivity index (χ1v) is 11.3. The van der Waals surface area contributed by atoms with Crippen LogP contribution in [0, 0.1) is 0 Å². The number of rotatable bonds is 6. The van der Waals surface area contributed by atoms with Crippen LogP contribution < -0.4 is 20.3 Å². The quantitative estimate of drug-likeness (QED) is 0.498. The third kappa shape index (κ3) is 3.55. The highest BCUT2D eigenvalue weighted by Gasteiger charge is 2.24. The summed E-state index contributed by atoms with van der Waals surface area (Å²) in [4.78, 5) is 18.9. The molecule has 0 aliphatic carbocycles. The van der Waals surface area contributed by atoms with Gasteiger partial charge in [-0.25, -0.2) is 9.97 Å². The fourth-order valence-electron chi connectivity index (χ4n) is 4.44. The molecule has 0 radical (unpaired) electrons. The molecule has 0 unspecified atom stereocenters. The molecule has 166 valence electrons. The fraction of sp³-hybridized carbons (Fsp3) is 0.375. The lowest BCUT2D eigenvalue weighted by Crippen LogP contribution is -2.48. The second kappa shape index (κ2) is 8.53. The molecule has 2 N–H and O–H groups in total. The van der Waals surface area contributed by atoms with Crippen LogP contribution in [0.15, 0.2) is 42.5 Å². The molecule has 8 nitrogen and oxygen atoms in total. The normalized spacial score (nSPS) is 14.4. The van der Waals surface area contributed by atoms with Gasteiger partial charge in [-0.05, 0) is 37.6 Å². The zero-order chi connectivity index (χ0) is 22.1. The van der Waals surface area contributed by atoms with Crippen molar-refractivity contribution in [3.8, 4) is 5.75 Å². The van der Waals surface area contributed by atoms with Gasteiger partial charge in [0.2, 0.25) is 11.9 Å². The lowest BCUT2D eigenvalue weighted by atomic mass is 10.2. The van der Waals surface area contributed by atoms with Crippen molar-refractivity contribution >= 4 is 39.7 Å². The minimum atomic E-state index is 0.459. The third-order valence-corrected chi connectivity index (χ3v) is 5.93. The molecule has 3 heterocycles. The van der Waals surface area contributed by atoms with Crippen molar-refractivity contribution < 1.29 is 4.74 Å². The average molecular weight is 432 g/mol. The number of aryl methyl sites for hydroxylation is 1. The summed E-state index contributed by atoms with van der Waals surface area (Å²) in [7, 11) is 0. The van der Waals surface area contributed by atoms with Gasteiger partial charge in [-0.3, -0.25) is 0 Å². The van der Waals surface area contributed by atoms with Crippen LogP contribution >= 0.6 is 0 Å². The van der Waals surface area contributed by atoms with E-state index in [4.69, 9.17) is 20.4 Å². The number of benzene rings is 2. The van der Waals surface area contributed by atoms with E-state index < -0.39 is 0 Å². The molecular formula is C24H29N7O. The Morgan fingerprint density at radius 2 is 1.62 bits per heavy atom. The van der Waals surface area contributed by atoms with E-state index in [1.54, 1.807) is 0 Å². The molecule has 2 aromatic carbocycles. The Bertz CT molecular complexity index is 1240. The van der Waals surface area contributed by atoms with Gasteiger partial charge >= 0.3 is 0 Å². The zero-order valence-corrected chi connectivity index (χ0v) is 18.7. The molecule has 2 aromatic heterocycles. The number of para-hydroxylation sites is 2. The maximum atomic E-state index is 6.33. The van der Waals surface area contributed by atoms with Gasteiger partial charge in [0.15, 0.2) is 0 Å². The van der Waals surface area contributed by atoms with Crippen molar-refractivity contribution in [1.29, 1.82) is 0 Å². The molecule has 0 atom stereocenters. The van der Waals surface area contributed by atoms with E-state index in [1.807, 2.05) is 31.2 Å². The molecule has 1 fully saturated rings. The number of anilines is 3. The number of fused-ring (bicyclic) bond motifs is 2. The molecule has 4 aromatic rings. The molecule has 1 aliphatic rings. The highest BCUT2D eigenvalue weighted by Crippen LogP contribution is 2.31. The highest BCUT2D eigenvalue weighted by atomic mass is 16.5. The molecule has 0 spiro atoms. The number of aromatic nitrogens is 4. The number of nitrogens with two attached hydrogens (primary N) is 1. The Morgan fingerprint density at radius 3 is 2.41 bits per heavy atom. The van der Waals surface area contributed by atoms with Crippen LogP contribution in [0.2, 0.25) is 0 Å². The van der Waals surface area contributed by atoms with Gasteiger partial charge in [0.25, 0.3) is 0 Å². The number of piperazine rings is 1. The lowest BCUT2D eigenvalue weighted by Gasteiger charge is -2.35. The van der Waals surface area contributed by atoms with E-state index in [2.05, 4.69) is 44.5 Å². The first-order valence-electron chi connectivity index (χ1n) is 11.3. The second-order valence-corrected chi connectivity index (χ2v) is 8.02. The van der Waals surface area contributed by atoms with Gasteiger partial charge in [-0.2, -0.15) is 4.98 Å². The third-order valence-electron chi connectivity index (χ3n) is 5.93. The van der Waals surface area contributed by atoms with Gasteiger partial charge in [0.1, 0.15) is 11.6 Å². The number of ether oxygens (including phenoxy) is 1. The standard InChI is InChI=1S/C24H29N7O/c1-3-12-31-19-10-6-5-8-17(19)27-24(31)30-15-13-29(14-16-30)23-26-18-9-7-11-20(32-4-2)21(18)22(25)28-23/h5-11H,3-4,12-16H2,1-2H3,(H2,25,26,28). The minimum absolute atomic E-state index is 0.459. The monoisotopic (exact) mass is 431 g/mol. The first-order chi connectivity index (χ1) is 15.7. The molecule has 1 aliphatic heterocycles. The SMILES string of the molecule is CCCn1c(N2CCN(c3nc(N)c4c(OCC)cccc4n3)CC2)nc2ccccc21. The number of nitrogens with zero attached hydrogens (tertiary/aromatic N) is 6. The topological polar surface area (TPSA) is 85.3 Å². The maximum Gasteiger partial charge on any atom is 0.228 e. The van der Waals surface area contributed by atoms with Crippen LogP contribution in [0.3, 0.4) is 0 Å². The minimum Gasteiger partial charge on any atom is -0.493 e. The van der Waals surface area contributed by atoms with Crippen LogP contribution in [0.1, 0.15) is 20.3 Å². The summed E-state index contributed by atoms with van der Waals surface area (Å²) in [6, 6.07) is 14.2. The number of nitrogen functional groups attached to an aromatic ring is 1. The summed E-state index contributed by atoms with van der Waals surface area (Å²) in [6.45, 7) is 9.03. The van der Waals surface area contributed by atoms with Crippen molar-refractivity contribution in [3.05, 3.63) is 42.5 Å². The summed E-state index contributed by atoms with van der Waals surface area (Å²) in [6.07, 6.45) is 1.07. The Labute approximate surface area is 187 Å². The maximum absolute atomic E-state index is 6.33. The Kier molecular flexibility index (Phi) is 5.43. The van der Waals surface area contributed by atoms with Gasteiger partial charge in [0, 0.05) is 32.7 Å². The van der Waals surface area contributed by atoms with Gasteiger partial charge in [-0.15, -0.1) is 0 Å². The summed E-state index contributed by atoms with van der Waals surface area (Å²) < 4.78 is 8.05. The molecule has 8 heteroatoms. The van der Waals surface area contributed by atoms with Crippen LogP contribution in [0.4, 0.5) is 17.7 Å². The second-order valence-electron chi connectivity index (χ2n) is 8.02. The smallest absolute Gasteiger partial charge is 0.228 e. The fourth-order valence-corrected chi connectivity index (χ4v) is 4.44. The predicted molar refractivity (Wildman–Crippen MR) is 130 cm³/mol. The number of hydrogen-bond acceptors (Lipinski definition) is 7. The van der Waals surface area contributed by atoms with Gasteiger partial charge in [-0.1, -0.05) is 25.1 Å². The first kappa shape index (κ1) is 20.4. The summed E-state index contributed by atoms with van der Waals surface area (Å²) in [5.74, 6) is 2.91. The van der Waals surface area contributed by atoms with Crippen molar-refractivity contribution in [2.24, 2.45) is 0 Å². The molecule has 0 bridgehead atoms. The van der Waals surface area contributed by atoms with E-state index >= 15 is 0 Å². The van der Waals surface area contributed by atoms with E-state index in [0.717, 1.165) is 67.3 Å². The van der Waals surface area contributed by atoms with Gasteiger partial charge in [0.05, 0.1) is 28.5 Å². The number of hydrogen-bond donors (Lipinski definition) is 1. The summed E-state index contributed by atoms with van der Waals surface area (Å²) in [5.41, 5.74) is 9.39. The van der Waals surface area contributed by atoms with Crippen LogP contribution in [0.5, 0.6) is 5.75 Å². The molecular weight excluding hydrogens is 402 g/mol. The molecule has 1 saturated heterocycles. The molecule has 0 amide bonds. The molecule has 0 saturated carbocycles. The van der Waals surface area contributed by atoms with Crippen LogP contribution in [0.25, 0.3) is 21.9 Å². The Balaban J connectivity index is 1.39. The predicted octanol–water partition coefficient (Wildman–Crippen LogP) is 3.70. The van der Waals surface area contributed by atoms with Crippen LogP contribution in [-0.4, -0.2) is 52.3 Å². The van der Waals surface area contributed by atoms with Crippen molar-refractivity contribution in [1.82, 2.24) is 19.5 Å². The van der Waals surface area contributed by atoms with Crippen LogP contribution in [-0.2, 0) is 6.54 Å². The summed E-state index contributed by atoms with van der Waals surface area (Å²) in [5, 5.41) is 0.782. The van der Waals surface area contributed by atoms with E-state index in [9.17, 15) is 0 Å². The average Bonchev–Trinajstić information content (AvgIpc) is 3.18. The highest BCUT2D eigenvalue weighted by molar-refractivity contribution is 5.94. The Morgan fingerprint density at radius 1 is 0.875 bits per heavy atom. The van der Waals surface area contributed by atoms with Crippen molar-refractivity contribution in [2.45, 2.75) is 26.8 Å². The van der Waals surface area contributed by atoms with E-state index in [1.165, 1.54) is 5.52 Å². The zero-order valence-electron chi connectivity index (χ0n) is 18.7. The van der Waals surface area contributed by atoms with Crippen molar-refractivity contribution in [3.63, 3.8) is 0 Å². The Hall–Kier alpha value is -3.55. The van der Waals surface area contributed by atoms with Crippen molar-refractivity contribution in [2.75, 3.05) is 48.3 Å².